The highest BCUT2D eigenvalue weighted by molar-refractivity contribution is 6.00. The third-order valence-corrected chi connectivity index (χ3v) is 4.56. The molecular weight excluding hydrogens is 300 g/mol. The Bertz CT molecular complexity index is 742. The molecule has 1 N–H and O–H groups in total. The van der Waals surface area contributed by atoms with Crippen LogP contribution in [-0.2, 0) is 9.59 Å². The molecular formula is C20H22N2O2. The molecule has 2 aromatic carbocycles. The monoisotopic (exact) mass is 322 g/mol. The molecule has 1 aliphatic heterocycles. The standard InChI is InChI=1S/C20H22N2O2/c1-14-8-6-7-11-18(14)22-13-17(12-19(22)23)20(24)21-15(2)16-9-4-3-5-10-16/h3-11,15,17H,12-13H2,1-2H3,(H,21,24)/t15-,17+/m0/s1. The second kappa shape index (κ2) is 6.87. The van der Waals surface area contributed by atoms with Crippen LogP contribution in [0.4, 0.5) is 5.69 Å². The molecule has 2 amide bonds. The average Bonchev–Trinajstić information content (AvgIpc) is 2.98. The SMILES string of the molecule is Cc1ccccc1N1C[C@H](C(=O)N[C@@H](C)c2ccccc2)CC1=O. The first-order valence-corrected chi connectivity index (χ1v) is 8.27. The Morgan fingerprint density at radius 3 is 2.50 bits per heavy atom. The van der Waals surface area contributed by atoms with E-state index < -0.39 is 0 Å². The predicted octanol–water partition coefficient (Wildman–Crippen LogP) is 3.23. The fraction of sp³-hybridized carbons (Fsp3) is 0.300. The van der Waals surface area contributed by atoms with Gasteiger partial charge in [-0.15, -0.1) is 0 Å². The molecule has 0 unspecified atom stereocenters. The van der Waals surface area contributed by atoms with Crippen LogP contribution in [0.15, 0.2) is 54.6 Å². The zero-order chi connectivity index (χ0) is 17.1. The van der Waals surface area contributed by atoms with Crippen LogP contribution >= 0.6 is 0 Å². The minimum atomic E-state index is -0.303. The van der Waals surface area contributed by atoms with Crippen molar-refractivity contribution in [1.82, 2.24) is 5.32 Å². The number of carbonyl (C=O) groups is 2. The number of nitrogens with one attached hydrogen (secondary N) is 1. The maximum atomic E-state index is 12.5. The molecule has 4 nitrogen and oxygen atoms in total. The summed E-state index contributed by atoms with van der Waals surface area (Å²) in [5.74, 6) is -0.351. The molecule has 0 aliphatic carbocycles. The minimum absolute atomic E-state index is 0.0109. The molecule has 1 aliphatic rings. The largest absolute Gasteiger partial charge is 0.349 e. The topological polar surface area (TPSA) is 49.4 Å². The third kappa shape index (κ3) is 3.32. The summed E-state index contributed by atoms with van der Waals surface area (Å²) < 4.78 is 0. The molecule has 0 spiro atoms. The van der Waals surface area contributed by atoms with E-state index in [1.54, 1.807) is 4.90 Å². The first-order chi connectivity index (χ1) is 11.6. The summed E-state index contributed by atoms with van der Waals surface area (Å²) in [5, 5.41) is 3.03. The van der Waals surface area contributed by atoms with Crippen molar-refractivity contribution >= 4 is 17.5 Å². The second-order valence-electron chi connectivity index (χ2n) is 6.33. The van der Waals surface area contributed by atoms with E-state index in [0.717, 1.165) is 16.8 Å². The minimum Gasteiger partial charge on any atom is -0.349 e. The van der Waals surface area contributed by atoms with Gasteiger partial charge in [0.25, 0.3) is 0 Å². The Morgan fingerprint density at radius 2 is 1.79 bits per heavy atom. The number of aryl methyl sites for hydroxylation is 1. The zero-order valence-electron chi connectivity index (χ0n) is 14.0. The molecule has 3 rings (SSSR count). The van der Waals surface area contributed by atoms with Crippen LogP contribution in [-0.4, -0.2) is 18.4 Å². The average molecular weight is 322 g/mol. The van der Waals surface area contributed by atoms with E-state index in [-0.39, 0.29) is 30.2 Å². The lowest BCUT2D eigenvalue weighted by Crippen LogP contribution is -2.34. The summed E-state index contributed by atoms with van der Waals surface area (Å²) in [6, 6.07) is 17.6. The van der Waals surface area contributed by atoms with Crippen molar-refractivity contribution in [3.8, 4) is 0 Å². The smallest absolute Gasteiger partial charge is 0.227 e. The molecule has 4 heteroatoms. The van der Waals surface area contributed by atoms with Crippen molar-refractivity contribution in [2.24, 2.45) is 5.92 Å². The lowest BCUT2D eigenvalue weighted by atomic mass is 10.1. The molecule has 2 aromatic rings. The van der Waals surface area contributed by atoms with E-state index in [2.05, 4.69) is 5.32 Å². The van der Waals surface area contributed by atoms with Gasteiger partial charge < -0.3 is 10.2 Å². The van der Waals surface area contributed by atoms with Gasteiger partial charge >= 0.3 is 0 Å². The summed E-state index contributed by atoms with van der Waals surface area (Å²) >= 11 is 0. The van der Waals surface area contributed by atoms with E-state index in [1.165, 1.54) is 0 Å². The van der Waals surface area contributed by atoms with Gasteiger partial charge in [0, 0.05) is 18.7 Å². The van der Waals surface area contributed by atoms with E-state index in [9.17, 15) is 9.59 Å². The third-order valence-electron chi connectivity index (χ3n) is 4.56. The molecule has 124 valence electrons. The van der Waals surface area contributed by atoms with Crippen molar-refractivity contribution in [2.75, 3.05) is 11.4 Å². The number of hydrogen-bond acceptors (Lipinski definition) is 2. The van der Waals surface area contributed by atoms with E-state index in [0.29, 0.717) is 6.54 Å². The van der Waals surface area contributed by atoms with Gasteiger partial charge in [-0.1, -0.05) is 48.5 Å². The Labute approximate surface area is 142 Å². The van der Waals surface area contributed by atoms with Crippen molar-refractivity contribution in [3.63, 3.8) is 0 Å². The summed E-state index contributed by atoms with van der Waals surface area (Å²) in [4.78, 5) is 26.6. The number of para-hydroxylation sites is 1. The summed E-state index contributed by atoms with van der Waals surface area (Å²) in [6.07, 6.45) is 0.266. The molecule has 1 fully saturated rings. The van der Waals surface area contributed by atoms with Crippen LogP contribution in [0.1, 0.15) is 30.5 Å². The fourth-order valence-electron chi connectivity index (χ4n) is 3.14. The highest BCUT2D eigenvalue weighted by Gasteiger charge is 2.35. The number of amides is 2. The number of nitrogens with zero attached hydrogens (tertiary/aromatic N) is 1. The van der Waals surface area contributed by atoms with E-state index in [4.69, 9.17) is 0 Å². The van der Waals surface area contributed by atoms with Crippen LogP contribution < -0.4 is 10.2 Å². The number of anilines is 1. The van der Waals surface area contributed by atoms with Crippen molar-refractivity contribution in [2.45, 2.75) is 26.3 Å². The van der Waals surface area contributed by atoms with E-state index >= 15 is 0 Å². The maximum absolute atomic E-state index is 12.5. The first kappa shape index (κ1) is 16.2. The Morgan fingerprint density at radius 1 is 1.12 bits per heavy atom. The number of benzene rings is 2. The van der Waals surface area contributed by atoms with Crippen molar-refractivity contribution in [1.29, 1.82) is 0 Å². The highest BCUT2D eigenvalue weighted by atomic mass is 16.2. The number of hydrogen-bond donors (Lipinski definition) is 1. The predicted molar refractivity (Wildman–Crippen MR) is 94.6 cm³/mol. The van der Waals surface area contributed by atoms with Crippen LogP contribution in [0.3, 0.4) is 0 Å². The molecule has 1 saturated heterocycles. The normalized spacial score (nSPS) is 18.5. The Balaban J connectivity index is 1.67. The van der Waals surface area contributed by atoms with Crippen LogP contribution in [0.5, 0.6) is 0 Å². The second-order valence-corrected chi connectivity index (χ2v) is 6.33. The van der Waals surface area contributed by atoms with Crippen LogP contribution in [0.25, 0.3) is 0 Å². The molecule has 1 heterocycles. The quantitative estimate of drug-likeness (QED) is 0.939. The maximum Gasteiger partial charge on any atom is 0.227 e. The van der Waals surface area contributed by atoms with E-state index in [1.807, 2.05) is 68.4 Å². The van der Waals surface area contributed by atoms with Gasteiger partial charge in [0.05, 0.1) is 12.0 Å². The van der Waals surface area contributed by atoms with Gasteiger partial charge in [-0.25, -0.2) is 0 Å². The molecule has 0 saturated carbocycles. The van der Waals surface area contributed by atoms with Gasteiger partial charge in [-0.05, 0) is 31.0 Å². The first-order valence-electron chi connectivity index (χ1n) is 8.27. The van der Waals surface area contributed by atoms with Crippen LogP contribution in [0, 0.1) is 12.8 Å². The zero-order valence-corrected chi connectivity index (χ0v) is 14.0. The summed E-state index contributed by atoms with van der Waals surface area (Å²) in [5.41, 5.74) is 3.00. The van der Waals surface area contributed by atoms with Gasteiger partial charge in [0.1, 0.15) is 0 Å². The molecule has 0 aromatic heterocycles. The molecule has 0 bridgehead atoms. The molecule has 2 atom stereocenters. The fourth-order valence-corrected chi connectivity index (χ4v) is 3.14. The summed E-state index contributed by atoms with van der Waals surface area (Å²) in [7, 11) is 0. The summed E-state index contributed by atoms with van der Waals surface area (Å²) in [6.45, 7) is 4.38. The van der Waals surface area contributed by atoms with Crippen molar-refractivity contribution in [3.05, 3.63) is 65.7 Å². The molecule has 0 radical (unpaired) electrons. The number of carbonyl (C=O) groups excluding carboxylic acids is 2. The van der Waals surface area contributed by atoms with Gasteiger partial charge in [-0.2, -0.15) is 0 Å². The van der Waals surface area contributed by atoms with Crippen molar-refractivity contribution < 1.29 is 9.59 Å². The van der Waals surface area contributed by atoms with Gasteiger partial charge in [0.15, 0.2) is 0 Å². The van der Waals surface area contributed by atoms with Crippen LogP contribution in [0.2, 0.25) is 0 Å². The number of rotatable bonds is 4. The highest BCUT2D eigenvalue weighted by Crippen LogP contribution is 2.28. The molecule has 24 heavy (non-hydrogen) atoms. The van der Waals surface area contributed by atoms with Gasteiger partial charge in [0.2, 0.25) is 11.8 Å². The Hall–Kier alpha value is -2.62. The lowest BCUT2D eigenvalue weighted by Gasteiger charge is -2.20. The Kier molecular flexibility index (Phi) is 4.65. The lowest BCUT2D eigenvalue weighted by molar-refractivity contribution is -0.126. The van der Waals surface area contributed by atoms with Gasteiger partial charge in [-0.3, -0.25) is 9.59 Å².